The molecule has 0 amide bonds. The van der Waals surface area contributed by atoms with Gasteiger partial charge < -0.3 is 4.74 Å². The summed E-state index contributed by atoms with van der Waals surface area (Å²) in [6.45, 7) is 3.12. The van der Waals surface area contributed by atoms with E-state index in [0.29, 0.717) is 6.10 Å². The first kappa shape index (κ1) is 12.4. The van der Waals surface area contributed by atoms with Crippen LogP contribution in [0.4, 0.5) is 0 Å². The Hall–Kier alpha value is -1.60. The molecule has 1 atom stereocenters. The van der Waals surface area contributed by atoms with Gasteiger partial charge in [-0.25, -0.2) is 0 Å². The monoisotopic (exact) mass is 252 g/mol. The van der Waals surface area contributed by atoms with Crippen LogP contribution in [0.5, 0.6) is 0 Å². The van der Waals surface area contributed by atoms with Crippen LogP contribution in [0.1, 0.15) is 37.0 Å². The fourth-order valence-corrected chi connectivity index (χ4v) is 2.38. The van der Waals surface area contributed by atoms with E-state index in [1.54, 1.807) is 0 Å². The number of rotatable bonds is 5. The van der Waals surface area contributed by atoms with Crippen LogP contribution in [0.3, 0.4) is 0 Å². The molecule has 3 rings (SSSR count). The Morgan fingerprint density at radius 2 is 1.53 bits per heavy atom. The fraction of sp³-hybridized carbons (Fsp3) is 0.333. The molecule has 2 aromatic rings. The second kappa shape index (κ2) is 5.58. The zero-order valence-electron chi connectivity index (χ0n) is 11.4. The van der Waals surface area contributed by atoms with Crippen molar-refractivity contribution in [3.8, 4) is 11.1 Å². The number of hydrogen-bond acceptors (Lipinski definition) is 1. The highest BCUT2D eigenvalue weighted by Crippen LogP contribution is 2.31. The summed E-state index contributed by atoms with van der Waals surface area (Å²) < 4.78 is 5.29. The molecule has 0 aromatic heterocycles. The van der Waals surface area contributed by atoms with E-state index < -0.39 is 0 Å². The Balaban J connectivity index is 1.73. The number of hydrogen-bond donors (Lipinski definition) is 0. The Morgan fingerprint density at radius 1 is 0.947 bits per heavy atom. The van der Waals surface area contributed by atoms with Gasteiger partial charge in [0.1, 0.15) is 6.10 Å². The molecule has 1 unspecified atom stereocenters. The van der Waals surface area contributed by atoms with E-state index in [2.05, 4.69) is 55.5 Å². The van der Waals surface area contributed by atoms with Crippen LogP contribution in [0.15, 0.2) is 48.5 Å². The van der Waals surface area contributed by atoms with E-state index in [1.807, 2.05) is 0 Å². The van der Waals surface area contributed by atoms with Crippen LogP contribution in [0.25, 0.3) is 11.1 Å². The molecule has 1 saturated heterocycles. The summed E-state index contributed by atoms with van der Waals surface area (Å²) >= 11 is 0. The van der Waals surface area contributed by atoms with E-state index in [0.717, 1.165) is 6.61 Å². The zero-order valence-corrected chi connectivity index (χ0v) is 11.4. The molecule has 1 heterocycles. The minimum atomic E-state index is 0.352. The average Bonchev–Trinajstić information content (AvgIpc) is 3.31. The second-order valence-electron chi connectivity index (χ2n) is 5.24. The molecule has 0 bridgehead atoms. The van der Waals surface area contributed by atoms with Gasteiger partial charge in [-0.2, -0.15) is 0 Å². The number of benzene rings is 2. The van der Waals surface area contributed by atoms with Gasteiger partial charge >= 0.3 is 0 Å². The van der Waals surface area contributed by atoms with E-state index in [9.17, 15) is 0 Å². The van der Waals surface area contributed by atoms with Crippen LogP contribution in [-0.4, -0.2) is 6.61 Å². The first-order valence-electron chi connectivity index (χ1n) is 7.17. The fourth-order valence-electron chi connectivity index (χ4n) is 2.38. The molecule has 0 N–H and O–H groups in total. The SMILES string of the molecule is CCCCc1ccc(-c2ccc(C3CO3)cc2)cc1. The molecular formula is C18H20O. The first-order chi connectivity index (χ1) is 9.36. The molecule has 0 radical (unpaired) electrons. The maximum absolute atomic E-state index is 5.29. The lowest BCUT2D eigenvalue weighted by atomic mass is 10.0. The number of unbranched alkanes of at least 4 members (excludes halogenated alkanes) is 1. The molecule has 1 aliphatic rings. The lowest BCUT2D eigenvalue weighted by Gasteiger charge is -2.05. The van der Waals surface area contributed by atoms with Gasteiger partial charge in [0.05, 0.1) is 6.61 Å². The molecule has 1 fully saturated rings. The Morgan fingerprint density at radius 3 is 2.05 bits per heavy atom. The first-order valence-corrected chi connectivity index (χ1v) is 7.17. The highest BCUT2D eigenvalue weighted by molar-refractivity contribution is 5.64. The molecule has 0 saturated carbocycles. The zero-order chi connectivity index (χ0) is 13.1. The van der Waals surface area contributed by atoms with Gasteiger partial charge in [-0.1, -0.05) is 61.9 Å². The minimum Gasteiger partial charge on any atom is -0.368 e. The normalized spacial score (nSPS) is 17.4. The Bertz CT molecular complexity index is 521. The summed E-state index contributed by atoms with van der Waals surface area (Å²) in [5.41, 5.74) is 5.31. The van der Waals surface area contributed by atoms with Gasteiger partial charge in [0.15, 0.2) is 0 Å². The summed E-state index contributed by atoms with van der Waals surface area (Å²) in [4.78, 5) is 0. The maximum Gasteiger partial charge on any atom is 0.106 e. The highest BCUT2D eigenvalue weighted by atomic mass is 16.6. The summed E-state index contributed by atoms with van der Waals surface area (Å²) in [5, 5.41) is 0. The van der Waals surface area contributed by atoms with Crippen LogP contribution in [0, 0.1) is 0 Å². The molecule has 1 aliphatic heterocycles. The van der Waals surface area contributed by atoms with Crippen LogP contribution in [-0.2, 0) is 11.2 Å². The third-order valence-corrected chi connectivity index (χ3v) is 3.72. The third-order valence-electron chi connectivity index (χ3n) is 3.72. The van der Waals surface area contributed by atoms with Crippen molar-refractivity contribution in [1.29, 1.82) is 0 Å². The van der Waals surface area contributed by atoms with Crippen molar-refractivity contribution in [1.82, 2.24) is 0 Å². The molecule has 1 nitrogen and oxygen atoms in total. The molecule has 19 heavy (non-hydrogen) atoms. The molecule has 1 heteroatoms. The van der Waals surface area contributed by atoms with Gasteiger partial charge in [-0.3, -0.25) is 0 Å². The van der Waals surface area contributed by atoms with Crippen LogP contribution >= 0.6 is 0 Å². The van der Waals surface area contributed by atoms with Crippen molar-refractivity contribution in [2.24, 2.45) is 0 Å². The quantitative estimate of drug-likeness (QED) is 0.698. The Labute approximate surface area is 115 Å². The summed E-state index contributed by atoms with van der Waals surface area (Å²) in [6, 6.07) is 17.7. The molecular weight excluding hydrogens is 232 g/mol. The predicted octanol–water partition coefficient (Wildman–Crippen LogP) is 4.77. The molecule has 0 spiro atoms. The van der Waals surface area contributed by atoms with Crippen molar-refractivity contribution in [2.45, 2.75) is 32.3 Å². The van der Waals surface area contributed by atoms with Gasteiger partial charge in [-0.15, -0.1) is 0 Å². The number of aryl methyl sites for hydroxylation is 1. The van der Waals surface area contributed by atoms with Crippen molar-refractivity contribution in [3.05, 3.63) is 59.7 Å². The van der Waals surface area contributed by atoms with E-state index >= 15 is 0 Å². The second-order valence-corrected chi connectivity index (χ2v) is 5.24. The maximum atomic E-state index is 5.29. The third kappa shape index (κ3) is 3.05. The molecule has 2 aromatic carbocycles. The van der Waals surface area contributed by atoms with Gasteiger partial charge in [0.25, 0.3) is 0 Å². The highest BCUT2D eigenvalue weighted by Gasteiger charge is 2.24. The van der Waals surface area contributed by atoms with Gasteiger partial charge in [0, 0.05) is 0 Å². The van der Waals surface area contributed by atoms with Crippen LogP contribution in [0.2, 0.25) is 0 Å². The summed E-state index contributed by atoms with van der Waals surface area (Å²) in [7, 11) is 0. The largest absolute Gasteiger partial charge is 0.368 e. The van der Waals surface area contributed by atoms with Crippen molar-refractivity contribution < 1.29 is 4.74 Å². The molecule has 0 aliphatic carbocycles. The number of ether oxygens (including phenoxy) is 1. The van der Waals surface area contributed by atoms with E-state index in [-0.39, 0.29) is 0 Å². The van der Waals surface area contributed by atoms with Crippen molar-refractivity contribution in [3.63, 3.8) is 0 Å². The van der Waals surface area contributed by atoms with E-state index in [1.165, 1.54) is 41.5 Å². The molecule has 98 valence electrons. The summed E-state index contributed by atoms with van der Waals surface area (Å²) in [6.07, 6.45) is 4.07. The van der Waals surface area contributed by atoms with E-state index in [4.69, 9.17) is 4.74 Å². The lowest BCUT2D eigenvalue weighted by molar-refractivity contribution is 0.415. The summed E-state index contributed by atoms with van der Waals surface area (Å²) in [5.74, 6) is 0. The van der Waals surface area contributed by atoms with Crippen molar-refractivity contribution >= 4 is 0 Å². The number of epoxide rings is 1. The topological polar surface area (TPSA) is 12.5 Å². The van der Waals surface area contributed by atoms with Crippen LogP contribution < -0.4 is 0 Å². The smallest absolute Gasteiger partial charge is 0.106 e. The standard InChI is InChI=1S/C18H20O/c1-2-3-4-14-5-7-15(8-6-14)16-9-11-17(12-10-16)18-13-19-18/h5-12,18H,2-4,13H2,1H3. The lowest BCUT2D eigenvalue weighted by Crippen LogP contribution is -1.86. The Kier molecular flexibility index (Phi) is 3.65. The minimum absolute atomic E-state index is 0.352. The van der Waals surface area contributed by atoms with Gasteiger partial charge in [0.2, 0.25) is 0 Å². The predicted molar refractivity (Wildman–Crippen MR) is 79.2 cm³/mol. The van der Waals surface area contributed by atoms with Crippen molar-refractivity contribution in [2.75, 3.05) is 6.61 Å². The average molecular weight is 252 g/mol. The van der Waals surface area contributed by atoms with Gasteiger partial charge in [-0.05, 0) is 35.1 Å².